The van der Waals surface area contributed by atoms with Gasteiger partial charge in [0.2, 0.25) is 5.95 Å². The number of nitrogens with two attached hydrogens (primary N) is 1. The summed E-state index contributed by atoms with van der Waals surface area (Å²) in [6.07, 6.45) is 3.83. The highest BCUT2D eigenvalue weighted by Crippen LogP contribution is 2.31. The van der Waals surface area contributed by atoms with Gasteiger partial charge in [-0.05, 0) is 32.1 Å². The second kappa shape index (κ2) is 5.31. The minimum atomic E-state index is 0.497. The first-order valence-electron chi connectivity index (χ1n) is 6.30. The van der Waals surface area contributed by atoms with E-state index in [0.717, 1.165) is 36.9 Å². The Hall–Kier alpha value is -1.36. The Kier molecular flexibility index (Phi) is 3.78. The SMILES string of the molecule is CCCN(CC1CC1)c1cc(C)nc(NN)n1. The van der Waals surface area contributed by atoms with E-state index in [2.05, 4.69) is 27.2 Å². The van der Waals surface area contributed by atoms with Crippen molar-refractivity contribution in [3.8, 4) is 0 Å². The van der Waals surface area contributed by atoms with Gasteiger partial charge in [0.25, 0.3) is 0 Å². The molecule has 0 aromatic carbocycles. The molecule has 5 heteroatoms. The minimum Gasteiger partial charge on any atom is -0.356 e. The van der Waals surface area contributed by atoms with Crippen molar-refractivity contribution < 1.29 is 0 Å². The zero-order chi connectivity index (χ0) is 12.3. The van der Waals surface area contributed by atoms with Gasteiger partial charge in [0.15, 0.2) is 0 Å². The van der Waals surface area contributed by atoms with Crippen LogP contribution >= 0.6 is 0 Å². The summed E-state index contributed by atoms with van der Waals surface area (Å²) in [6.45, 7) is 6.30. The molecular weight excluding hydrogens is 214 g/mol. The molecular formula is C12H21N5. The lowest BCUT2D eigenvalue weighted by Gasteiger charge is -2.23. The van der Waals surface area contributed by atoms with Crippen molar-refractivity contribution in [2.45, 2.75) is 33.1 Å². The smallest absolute Gasteiger partial charge is 0.239 e. The van der Waals surface area contributed by atoms with Gasteiger partial charge in [0.05, 0.1) is 0 Å². The fourth-order valence-corrected chi connectivity index (χ4v) is 1.96. The number of nitrogen functional groups attached to an aromatic ring is 1. The van der Waals surface area contributed by atoms with Crippen LogP contribution in [0.5, 0.6) is 0 Å². The Bertz CT molecular complexity index is 375. The van der Waals surface area contributed by atoms with Crippen LogP contribution in [0.3, 0.4) is 0 Å². The largest absolute Gasteiger partial charge is 0.356 e. The fourth-order valence-electron chi connectivity index (χ4n) is 1.96. The van der Waals surface area contributed by atoms with E-state index in [0.29, 0.717) is 5.95 Å². The summed E-state index contributed by atoms with van der Waals surface area (Å²) in [5, 5.41) is 0. The number of nitrogens with zero attached hydrogens (tertiary/aromatic N) is 3. The highest BCUT2D eigenvalue weighted by Gasteiger charge is 2.24. The third-order valence-corrected chi connectivity index (χ3v) is 2.96. The summed E-state index contributed by atoms with van der Waals surface area (Å²) in [5.41, 5.74) is 3.47. The molecule has 0 atom stereocenters. The van der Waals surface area contributed by atoms with Gasteiger partial charge in [-0.15, -0.1) is 0 Å². The summed E-state index contributed by atoms with van der Waals surface area (Å²) in [5.74, 6) is 7.72. The molecule has 17 heavy (non-hydrogen) atoms. The number of hydrogen-bond donors (Lipinski definition) is 2. The van der Waals surface area contributed by atoms with Gasteiger partial charge in [-0.1, -0.05) is 6.92 Å². The number of hydrogen-bond acceptors (Lipinski definition) is 5. The summed E-state index contributed by atoms with van der Waals surface area (Å²) in [7, 11) is 0. The Morgan fingerprint density at radius 3 is 2.82 bits per heavy atom. The topological polar surface area (TPSA) is 67.1 Å². The number of rotatable bonds is 6. The van der Waals surface area contributed by atoms with E-state index >= 15 is 0 Å². The van der Waals surface area contributed by atoms with Crippen molar-refractivity contribution in [3.05, 3.63) is 11.8 Å². The van der Waals surface area contributed by atoms with E-state index in [1.165, 1.54) is 12.8 Å². The highest BCUT2D eigenvalue weighted by molar-refractivity contribution is 5.44. The Labute approximate surface area is 102 Å². The minimum absolute atomic E-state index is 0.497. The van der Waals surface area contributed by atoms with Crippen LogP contribution in [0.1, 0.15) is 31.9 Å². The second-order valence-electron chi connectivity index (χ2n) is 4.72. The third-order valence-electron chi connectivity index (χ3n) is 2.96. The standard InChI is InChI=1S/C12H21N5/c1-3-6-17(8-10-4-5-10)11-7-9(2)14-12(15-11)16-13/h7,10H,3-6,8,13H2,1-2H3,(H,14,15,16). The van der Waals surface area contributed by atoms with Gasteiger partial charge in [-0.2, -0.15) is 4.98 Å². The molecule has 3 N–H and O–H groups in total. The van der Waals surface area contributed by atoms with E-state index in [4.69, 9.17) is 5.84 Å². The van der Waals surface area contributed by atoms with E-state index in [1.54, 1.807) is 0 Å². The van der Waals surface area contributed by atoms with Crippen molar-refractivity contribution >= 4 is 11.8 Å². The number of nitrogens with one attached hydrogen (secondary N) is 1. The average Bonchev–Trinajstić information content (AvgIpc) is 3.11. The van der Waals surface area contributed by atoms with Crippen molar-refractivity contribution in [2.75, 3.05) is 23.4 Å². The lowest BCUT2D eigenvalue weighted by molar-refractivity contribution is 0.697. The van der Waals surface area contributed by atoms with Crippen LogP contribution in [-0.2, 0) is 0 Å². The number of aryl methyl sites for hydroxylation is 1. The molecule has 1 fully saturated rings. The molecule has 5 nitrogen and oxygen atoms in total. The second-order valence-corrected chi connectivity index (χ2v) is 4.72. The molecule has 0 amide bonds. The van der Waals surface area contributed by atoms with Crippen LogP contribution in [0.25, 0.3) is 0 Å². The molecule has 94 valence electrons. The van der Waals surface area contributed by atoms with Gasteiger partial charge < -0.3 is 4.90 Å². The van der Waals surface area contributed by atoms with Crippen LogP contribution < -0.4 is 16.2 Å². The molecule has 0 saturated heterocycles. The van der Waals surface area contributed by atoms with Crippen LogP contribution in [-0.4, -0.2) is 23.1 Å². The molecule has 1 heterocycles. The molecule has 0 radical (unpaired) electrons. The third kappa shape index (κ3) is 3.30. The van der Waals surface area contributed by atoms with E-state index in [1.807, 2.05) is 13.0 Å². The van der Waals surface area contributed by atoms with Crippen LogP contribution in [0.4, 0.5) is 11.8 Å². The normalized spacial score (nSPS) is 14.8. The van der Waals surface area contributed by atoms with Crippen molar-refractivity contribution in [3.63, 3.8) is 0 Å². The van der Waals surface area contributed by atoms with Gasteiger partial charge in [-0.25, -0.2) is 10.8 Å². The van der Waals surface area contributed by atoms with E-state index < -0.39 is 0 Å². The Morgan fingerprint density at radius 1 is 1.47 bits per heavy atom. The lowest BCUT2D eigenvalue weighted by atomic mass is 10.3. The van der Waals surface area contributed by atoms with Crippen molar-refractivity contribution in [1.82, 2.24) is 9.97 Å². The summed E-state index contributed by atoms with van der Waals surface area (Å²) < 4.78 is 0. The molecule has 2 rings (SSSR count). The van der Waals surface area contributed by atoms with Crippen molar-refractivity contribution in [1.29, 1.82) is 0 Å². The molecule has 1 aromatic rings. The summed E-state index contributed by atoms with van der Waals surface area (Å²) in [6, 6.07) is 2.03. The maximum Gasteiger partial charge on any atom is 0.239 e. The van der Waals surface area contributed by atoms with Crippen molar-refractivity contribution in [2.24, 2.45) is 11.8 Å². The molecule has 1 saturated carbocycles. The lowest BCUT2D eigenvalue weighted by Crippen LogP contribution is -2.28. The zero-order valence-electron chi connectivity index (χ0n) is 10.6. The molecule has 0 unspecified atom stereocenters. The first-order valence-corrected chi connectivity index (χ1v) is 6.30. The monoisotopic (exact) mass is 235 g/mol. The number of anilines is 2. The zero-order valence-corrected chi connectivity index (χ0v) is 10.6. The molecule has 1 aliphatic rings. The maximum atomic E-state index is 5.38. The molecule has 0 spiro atoms. The molecule has 0 bridgehead atoms. The number of hydrazine groups is 1. The first kappa shape index (κ1) is 12.1. The summed E-state index contributed by atoms with van der Waals surface area (Å²) in [4.78, 5) is 11.0. The summed E-state index contributed by atoms with van der Waals surface area (Å²) >= 11 is 0. The van der Waals surface area contributed by atoms with E-state index in [-0.39, 0.29) is 0 Å². The Balaban J connectivity index is 2.17. The quantitative estimate of drug-likeness (QED) is 0.580. The average molecular weight is 235 g/mol. The van der Waals surface area contributed by atoms with Gasteiger partial charge in [0.1, 0.15) is 5.82 Å². The number of aromatic nitrogens is 2. The predicted molar refractivity (Wildman–Crippen MR) is 69.8 cm³/mol. The van der Waals surface area contributed by atoms with E-state index in [9.17, 15) is 0 Å². The predicted octanol–water partition coefficient (Wildman–Crippen LogP) is 1.70. The molecule has 1 aliphatic carbocycles. The van der Waals surface area contributed by atoms with Gasteiger partial charge in [-0.3, -0.25) is 5.43 Å². The van der Waals surface area contributed by atoms with Crippen LogP contribution in [0.2, 0.25) is 0 Å². The fraction of sp³-hybridized carbons (Fsp3) is 0.667. The maximum absolute atomic E-state index is 5.38. The molecule has 0 aliphatic heterocycles. The first-order chi connectivity index (χ1) is 8.22. The van der Waals surface area contributed by atoms with Crippen LogP contribution in [0, 0.1) is 12.8 Å². The Morgan fingerprint density at radius 2 is 2.24 bits per heavy atom. The van der Waals surface area contributed by atoms with Gasteiger partial charge in [0, 0.05) is 24.8 Å². The van der Waals surface area contributed by atoms with Gasteiger partial charge >= 0.3 is 0 Å². The van der Waals surface area contributed by atoms with Crippen LogP contribution in [0.15, 0.2) is 6.07 Å². The molecule has 1 aromatic heterocycles. The highest BCUT2D eigenvalue weighted by atomic mass is 15.3.